The molecule has 0 radical (unpaired) electrons. The van der Waals surface area contributed by atoms with E-state index in [1.807, 2.05) is 0 Å². The van der Waals surface area contributed by atoms with Gasteiger partial charge in [0.2, 0.25) is 0 Å². The summed E-state index contributed by atoms with van der Waals surface area (Å²) in [5, 5.41) is 14.3. The zero-order valence-electron chi connectivity index (χ0n) is 10.4. The minimum Gasteiger partial charge on any atom is -0.409 e. The number of rotatable bonds is 7. The lowest BCUT2D eigenvalue weighted by Gasteiger charge is -2.06. The molecule has 1 aromatic carbocycles. The van der Waals surface area contributed by atoms with Gasteiger partial charge in [0.05, 0.1) is 10.6 Å². The van der Waals surface area contributed by atoms with E-state index in [-0.39, 0.29) is 16.5 Å². The van der Waals surface area contributed by atoms with Crippen LogP contribution in [0.5, 0.6) is 0 Å². The van der Waals surface area contributed by atoms with Crippen molar-refractivity contribution in [2.75, 3.05) is 18.8 Å². The van der Waals surface area contributed by atoms with Crippen LogP contribution in [0.15, 0.2) is 47.0 Å². The van der Waals surface area contributed by atoms with Crippen LogP contribution in [-0.2, 0) is 9.84 Å². The van der Waals surface area contributed by atoms with E-state index in [0.29, 0.717) is 18.7 Å². The molecule has 6 nitrogen and oxygen atoms in total. The SMILES string of the molecule is C=CCNCCS(=O)(=O)c1cccc(/C(N)=N\O)c1. The lowest BCUT2D eigenvalue weighted by molar-refractivity contribution is 0.318. The van der Waals surface area contributed by atoms with Crippen molar-refractivity contribution in [2.45, 2.75) is 4.90 Å². The Morgan fingerprint density at radius 2 is 2.26 bits per heavy atom. The van der Waals surface area contributed by atoms with Gasteiger partial charge in [0, 0.05) is 18.7 Å². The summed E-state index contributed by atoms with van der Waals surface area (Å²) in [7, 11) is -3.39. The van der Waals surface area contributed by atoms with Crippen molar-refractivity contribution in [2.24, 2.45) is 10.9 Å². The lowest BCUT2D eigenvalue weighted by Crippen LogP contribution is -2.23. The zero-order chi connectivity index (χ0) is 14.3. The maximum absolute atomic E-state index is 12.0. The van der Waals surface area contributed by atoms with Crippen LogP contribution >= 0.6 is 0 Å². The van der Waals surface area contributed by atoms with Crippen LogP contribution < -0.4 is 11.1 Å². The summed E-state index contributed by atoms with van der Waals surface area (Å²) >= 11 is 0. The fourth-order valence-electron chi connectivity index (χ4n) is 1.44. The van der Waals surface area contributed by atoms with Crippen molar-refractivity contribution in [3.63, 3.8) is 0 Å². The molecule has 0 spiro atoms. The van der Waals surface area contributed by atoms with Crippen molar-refractivity contribution in [3.8, 4) is 0 Å². The molecule has 19 heavy (non-hydrogen) atoms. The Hall–Kier alpha value is -1.86. The van der Waals surface area contributed by atoms with E-state index in [2.05, 4.69) is 17.1 Å². The third kappa shape index (κ3) is 4.38. The normalized spacial score (nSPS) is 12.3. The summed E-state index contributed by atoms with van der Waals surface area (Å²) in [6, 6.07) is 6.00. The standard InChI is InChI=1S/C12H17N3O3S/c1-2-6-14-7-8-19(17,18)11-5-3-4-10(9-11)12(13)15-16/h2-5,9,14,16H,1,6-8H2,(H2,13,15). The largest absolute Gasteiger partial charge is 0.409 e. The molecule has 1 rings (SSSR count). The number of amidine groups is 1. The minimum absolute atomic E-state index is 0.0273. The number of nitrogens with one attached hydrogen (secondary N) is 1. The van der Waals surface area contributed by atoms with Gasteiger partial charge < -0.3 is 16.3 Å². The smallest absolute Gasteiger partial charge is 0.179 e. The summed E-state index contributed by atoms with van der Waals surface area (Å²) in [6.07, 6.45) is 1.66. The first-order valence-corrected chi connectivity index (χ1v) is 7.29. The Kier molecular flexibility index (Phi) is 5.53. The molecule has 0 atom stereocenters. The Morgan fingerprint density at radius 3 is 2.89 bits per heavy atom. The molecule has 0 aliphatic rings. The fourth-order valence-corrected chi connectivity index (χ4v) is 2.68. The van der Waals surface area contributed by atoms with Crippen LogP contribution in [0.3, 0.4) is 0 Å². The monoisotopic (exact) mass is 283 g/mol. The van der Waals surface area contributed by atoms with Crippen molar-refractivity contribution in [1.29, 1.82) is 0 Å². The average Bonchev–Trinajstić information content (AvgIpc) is 2.43. The highest BCUT2D eigenvalue weighted by Crippen LogP contribution is 2.13. The number of benzene rings is 1. The van der Waals surface area contributed by atoms with Gasteiger partial charge in [0.1, 0.15) is 0 Å². The molecule has 0 bridgehead atoms. The second-order valence-corrected chi connectivity index (χ2v) is 5.93. The van der Waals surface area contributed by atoms with Crippen molar-refractivity contribution < 1.29 is 13.6 Å². The molecule has 104 valence electrons. The summed E-state index contributed by atoms with van der Waals surface area (Å²) in [4.78, 5) is 0.150. The van der Waals surface area contributed by atoms with E-state index in [4.69, 9.17) is 10.9 Å². The highest BCUT2D eigenvalue weighted by molar-refractivity contribution is 7.91. The highest BCUT2D eigenvalue weighted by Gasteiger charge is 2.14. The van der Waals surface area contributed by atoms with Crippen LogP contribution in [0, 0.1) is 0 Å². The second-order valence-electron chi connectivity index (χ2n) is 3.82. The average molecular weight is 283 g/mol. The third-order valence-corrected chi connectivity index (χ3v) is 4.15. The summed E-state index contributed by atoms with van der Waals surface area (Å²) in [5.74, 6) is -0.151. The molecule has 1 aromatic rings. The number of nitrogens with two attached hydrogens (primary N) is 1. The van der Waals surface area contributed by atoms with E-state index >= 15 is 0 Å². The quantitative estimate of drug-likeness (QED) is 0.167. The second kappa shape index (κ2) is 6.91. The molecule has 0 heterocycles. The molecule has 4 N–H and O–H groups in total. The van der Waals surface area contributed by atoms with Gasteiger partial charge in [0.25, 0.3) is 0 Å². The van der Waals surface area contributed by atoms with E-state index in [1.54, 1.807) is 18.2 Å². The fraction of sp³-hybridized carbons (Fsp3) is 0.250. The molecule has 0 unspecified atom stereocenters. The minimum atomic E-state index is -3.39. The molecule has 0 aliphatic heterocycles. The molecule has 0 amide bonds. The van der Waals surface area contributed by atoms with Crippen LogP contribution in [0.4, 0.5) is 0 Å². The first-order valence-electron chi connectivity index (χ1n) is 5.63. The third-order valence-electron chi connectivity index (χ3n) is 2.43. The Labute approximate surface area is 112 Å². The van der Waals surface area contributed by atoms with Crippen molar-refractivity contribution in [1.82, 2.24) is 5.32 Å². The molecule has 7 heteroatoms. The van der Waals surface area contributed by atoms with Gasteiger partial charge in [0.15, 0.2) is 15.7 Å². The van der Waals surface area contributed by atoms with Gasteiger partial charge in [-0.1, -0.05) is 23.4 Å². The van der Waals surface area contributed by atoms with Gasteiger partial charge >= 0.3 is 0 Å². The van der Waals surface area contributed by atoms with Gasteiger partial charge in [-0.05, 0) is 12.1 Å². The first-order chi connectivity index (χ1) is 9.01. The van der Waals surface area contributed by atoms with Crippen LogP contribution in [0.1, 0.15) is 5.56 Å². The summed E-state index contributed by atoms with van der Waals surface area (Å²) in [5.41, 5.74) is 5.79. The van der Waals surface area contributed by atoms with Crippen molar-refractivity contribution >= 4 is 15.7 Å². The van der Waals surface area contributed by atoms with E-state index < -0.39 is 9.84 Å². The number of nitrogens with zero attached hydrogens (tertiary/aromatic N) is 1. The number of hydrogen-bond acceptors (Lipinski definition) is 5. The highest BCUT2D eigenvalue weighted by atomic mass is 32.2. The number of oxime groups is 1. The number of hydrogen-bond donors (Lipinski definition) is 3. The predicted octanol–water partition coefficient (Wildman–Crippen LogP) is 0.330. The molecular formula is C12H17N3O3S. The number of sulfone groups is 1. The van der Waals surface area contributed by atoms with E-state index in [9.17, 15) is 8.42 Å². The summed E-state index contributed by atoms with van der Waals surface area (Å²) in [6.45, 7) is 4.42. The van der Waals surface area contributed by atoms with Gasteiger partial charge in [-0.15, -0.1) is 6.58 Å². The van der Waals surface area contributed by atoms with Gasteiger partial charge in [-0.25, -0.2) is 8.42 Å². The lowest BCUT2D eigenvalue weighted by atomic mass is 10.2. The molecule has 0 aromatic heterocycles. The van der Waals surface area contributed by atoms with Crippen molar-refractivity contribution in [3.05, 3.63) is 42.5 Å². The Bertz CT molecular complexity index is 567. The molecule has 0 saturated heterocycles. The molecular weight excluding hydrogens is 266 g/mol. The molecule has 0 fully saturated rings. The Balaban J connectivity index is 2.86. The first kappa shape index (κ1) is 15.2. The van der Waals surface area contributed by atoms with Crippen LogP contribution in [0.2, 0.25) is 0 Å². The Morgan fingerprint density at radius 1 is 1.53 bits per heavy atom. The summed E-state index contributed by atoms with van der Waals surface area (Å²) < 4.78 is 24.1. The predicted molar refractivity (Wildman–Crippen MR) is 74.1 cm³/mol. The van der Waals surface area contributed by atoms with E-state index in [1.165, 1.54) is 12.1 Å². The topological polar surface area (TPSA) is 105 Å². The molecule has 0 aliphatic carbocycles. The van der Waals surface area contributed by atoms with Crippen LogP contribution in [0.25, 0.3) is 0 Å². The van der Waals surface area contributed by atoms with E-state index in [0.717, 1.165) is 0 Å². The van der Waals surface area contributed by atoms with Crippen LogP contribution in [-0.4, -0.2) is 38.3 Å². The van der Waals surface area contributed by atoms with Gasteiger partial charge in [-0.3, -0.25) is 0 Å². The molecule has 0 saturated carbocycles. The zero-order valence-corrected chi connectivity index (χ0v) is 11.2. The van der Waals surface area contributed by atoms with Gasteiger partial charge in [-0.2, -0.15) is 0 Å². The maximum Gasteiger partial charge on any atom is 0.179 e. The maximum atomic E-state index is 12.0.